The molecule has 1 rings (SSSR count). The number of hydrogen-bond acceptors (Lipinski definition) is 13. The maximum absolute atomic E-state index is 11.1. The van der Waals surface area contributed by atoms with Crippen LogP contribution in [0.3, 0.4) is 0 Å². The summed E-state index contributed by atoms with van der Waals surface area (Å²) in [5.74, 6) is 0. The van der Waals surface area contributed by atoms with Gasteiger partial charge in [0.25, 0.3) is 0 Å². The Morgan fingerprint density at radius 2 is 0.938 bits per heavy atom. The fraction of sp³-hybridized carbons (Fsp3) is 0.882. The van der Waals surface area contributed by atoms with Gasteiger partial charge in [0.05, 0.1) is 52.9 Å². The Bertz CT molecular complexity index is 1380. The first kappa shape index (κ1) is 60.7. The Morgan fingerprint density at radius 3 is 1.36 bits per heavy atom. The summed E-state index contributed by atoms with van der Waals surface area (Å²) in [6.45, 7) is 18.4. The van der Waals surface area contributed by atoms with Gasteiger partial charge in [0.2, 0.25) is 0 Å². The van der Waals surface area contributed by atoms with Crippen LogP contribution in [-0.4, -0.2) is 140 Å². The van der Waals surface area contributed by atoms with E-state index >= 15 is 0 Å². The summed E-state index contributed by atoms with van der Waals surface area (Å²) in [4.78, 5) is 0. The average Bonchev–Trinajstić information content (AvgIpc) is 3.15. The second-order valence-electron chi connectivity index (χ2n) is 21.7. The third-order valence-electron chi connectivity index (χ3n) is 13.5. The van der Waals surface area contributed by atoms with Gasteiger partial charge in [-0.15, -0.1) is 0 Å². The number of rotatable bonds is 34. The molecule has 1 aliphatic heterocycles. The summed E-state index contributed by atoms with van der Waals surface area (Å²) in [6, 6.07) is 0. The summed E-state index contributed by atoms with van der Waals surface area (Å²) in [5.41, 5.74) is -2.38. The van der Waals surface area contributed by atoms with E-state index in [4.69, 9.17) is 9.47 Å². The highest BCUT2D eigenvalue weighted by Crippen LogP contribution is 2.32. The van der Waals surface area contributed by atoms with Gasteiger partial charge in [-0.25, -0.2) is 0 Å². The molecule has 13 nitrogen and oxygen atoms in total. The largest absolute Gasteiger partial charge is 0.394 e. The first-order chi connectivity index (χ1) is 29.4. The Morgan fingerprint density at radius 1 is 0.531 bits per heavy atom. The lowest BCUT2D eigenvalue weighted by Crippen LogP contribution is -2.59. The molecule has 1 fully saturated rings. The van der Waals surface area contributed by atoms with Crippen LogP contribution in [0.2, 0.25) is 0 Å². The second-order valence-corrected chi connectivity index (χ2v) is 21.7. The van der Waals surface area contributed by atoms with Crippen LogP contribution in [-0.2, 0) is 9.47 Å². The van der Waals surface area contributed by atoms with E-state index in [0.29, 0.717) is 109 Å². The van der Waals surface area contributed by atoms with Gasteiger partial charge in [-0.1, -0.05) is 34.9 Å². The Kier molecular flexibility index (Phi) is 26.8. The van der Waals surface area contributed by atoms with Gasteiger partial charge in [0.1, 0.15) is 24.4 Å². The third-order valence-corrected chi connectivity index (χ3v) is 13.5. The normalized spacial score (nSPS) is 26.2. The van der Waals surface area contributed by atoms with Crippen molar-refractivity contribution < 1.29 is 65.6 Å². The van der Waals surface area contributed by atoms with Crippen LogP contribution in [0, 0.1) is 0 Å². The molecule has 0 saturated carbocycles. The van der Waals surface area contributed by atoms with E-state index in [1.807, 2.05) is 40.7 Å². The first-order valence-corrected chi connectivity index (χ1v) is 24.3. The molecule has 0 bridgehead atoms. The number of ether oxygens (including phenoxy) is 2. The molecule has 64 heavy (non-hydrogen) atoms. The molecule has 7 unspecified atom stereocenters. The number of aliphatic hydroxyl groups is 11. The van der Waals surface area contributed by atoms with E-state index in [9.17, 15) is 56.2 Å². The molecule has 0 aliphatic carbocycles. The van der Waals surface area contributed by atoms with Crippen molar-refractivity contribution in [3.63, 3.8) is 0 Å². The molecule has 1 aliphatic rings. The molecule has 378 valence electrons. The highest BCUT2D eigenvalue weighted by Gasteiger charge is 2.44. The van der Waals surface area contributed by atoms with Crippen molar-refractivity contribution >= 4 is 0 Å². The molecule has 0 amide bonds. The van der Waals surface area contributed by atoms with Crippen molar-refractivity contribution in [1.29, 1.82) is 0 Å². The standard InChI is InChI=1S/C51H96O13/c1-37(2)18-12-24-46(5,57)25-13-26-47(6,58)27-14-28-48(7,59)29-15-30-49(8,60)31-16-32-50(9,61)33-17-34-51(10,62)41(53)22-21-38(3)19-11-20-39(4)23-35-63-45-44(56)43(55)42(54)40(36-52)64-45/h18-19,23,40-45,52-62H,11-17,20-22,24-36H2,1-10H3/t40-,41?,42-,43+,44-,45-,46?,47?,48?,49?,50?,51?/m1/s1. The smallest absolute Gasteiger partial charge is 0.187 e. The van der Waals surface area contributed by atoms with Gasteiger partial charge >= 0.3 is 0 Å². The highest BCUT2D eigenvalue weighted by atomic mass is 16.7. The maximum Gasteiger partial charge on any atom is 0.187 e. The van der Waals surface area contributed by atoms with E-state index in [1.54, 1.807) is 20.8 Å². The van der Waals surface area contributed by atoms with Gasteiger partial charge in [-0.05, 0) is 204 Å². The van der Waals surface area contributed by atoms with Crippen molar-refractivity contribution in [2.75, 3.05) is 13.2 Å². The minimum Gasteiger partial charge on any atom is -0.394 e. The lowest BCUT2D eigenvalue weighted by Gasteiger charge is -2.39. The average molecular weight is 917 g/mol. The van der Waals surface area contributed by atoms with Crippen LogP contribution in [0.15, 0.2) is 34.9 Å². The lowest BCUT2D eigenvalue weighted by atomic mass is 9.83. The summed E-state index contributed by atoms with van der Waals surface area (Å²) in [7, 11) is 0. The highest BCUT2D eigenvalue weighted by molar-refractivity contribution is 5.05. The zero-order chi connectivity index (χ0) is 49.0. The SMILES string of the molecule is CC(C)=CCCC(C)(O)CCCC(C)(O)CCCC(C)(O)CCCC(C)(O)CCCC(C)(O)CCCC(C)(O)C(O)CCC(C)=CCCC(C)=CCO[C@@H]1O[C@H](CO)[C@@H](O)[C@H](O)[C@H]1O. The molecular formula is C51H96O13. The van der Waals surface area contributed by atoms with E-state index in [-0.39, 0.29) is 6.61 Å². The van der Waals surface area contributed by atoms with Crippen LogP contribution < -0.4 is 0 Å². The second kappa shape index (κ2) is 28.3. The third kappa shape index (κ3) is 26.3. The maximum atomic E-state index is 11.1. The monoisotopic (exact) mass is 917 g/mol. The van der Waals surface area contributed by atoms with Gasteiger partial charge in [0.15, 0.2) is 6.29 Å². The molecule has 1 saturated heterocycles. The zero-order valence-corrected chi connectivity index (χ0v) is 41.7. The summed E-state index contributed by atoms with van der Waals surface area (Å²) in [5, 5.41) is 116. The van der Waals surface area contributed by atoms with E-state index < -0.39 is 77.0 Å². The van der Waals surface area contributed by atoms with E-state index in [0.717, 1.165) is 36.8 Å². The minimum absolute atomic E-state index is 0.115. The molecule has 0 radical (unpaired) electrons. The van der Waals surface area contributed by atoms with Gasteiger partial charge < -0.3 is 65.6 Å². The van der Waals surface area contributed by atoms with Crippen molar-refractivity contribution in [2.45, 2.75) is 274 Å². The Hall–Kier alpha value is -1.30. The first-order valence-electron chi connectivity index (χ1n) is 24.3. The van der Waals surface area contributed by atoms with Crippen molar-refractivity contribution in [2.24, 2.45) is 0 Å². The van der Waals surface area contributed by atoms with Crippen LogP contribution in [0.4, 0.5) is 0 Å². The molecule has 1 heterocycles. The molecule has 0 spiro atoms. The summed E-state index contributed by atoms with van der Waals surface area (Å²) >= 11 is 0. The Balaban J connectivity index is 2.34. The molecule has 0 aromatic carbocycles. The molecule has 13 heteroatoms. The molecule has 12 atom stereocenters. The number of hydrogen-bond donors (Lipinski definition) is 11. The van der Waals surface area contributed by atoms with Crippen molar-refractivity contribution in [3.05, 3.63) is 34.9 Å². The fourth-order valence-electron chi connectivity index (χ4n) is 8.61. The van der Waals surface area contributed by atoms with Crippen LogP contribution >= 0.6 is 0 Å². The molecule has 0 aromatic rings. The van der Waals surface area contributed by atoms with Crippen LogP contribution in [0.5, 0.6) is 0 Å². The topological polar surface area (TPSA) is 241 Å². The van der Waals surface area contributed by atoms with E-state index in [2.05, 4.69) is 26.0 Å². The predicted octanol–water partition coefficient (Wildman–Crippen LogP) is 6.72. The molecule has 11 N–H and O–H groups in total. The minimum atomic E-state index is -1.49. The van der Waals surface area contributed by atoms with Gasteiger partial charge in [0, 0.05) is 0 Å². The Labute approximate surface area is 387 Å². The summed E-state index contributed by atoms with van der Waals surface area (Å²) < 4.78 is 10.9. The number of aliphatic hydroxyl groups excluding tert-OH is 5. The fourth-order valence-corrected chi connectivity index (χ4v) is 8.61. The van der Waals surface area contributed by atoms with Gasteiger partial charge in [-0.3, -0.25) is 0 Å². The van der Waals surface area contributed by atoms with Crippen molar-refractivity contribution in [3.8, 4) is 0 Å². The zero-order valence-electron chi connectivity index (χ0n) is 41.7. The van der Waals surface area contributed by atoms with Crippen molar-refractivity contribution in [1.82, 2.24) is 0 Å². The molecule has 0 aromatic heterocycles. The molecular weight excluding hydrogens is 821 g/mol. The predicted molar refractivity (Wildman–Crippen MR) is 253 cm³/mol. The summed E-state index contributed by atoms with van der Waals surface area (Å²) in [6.07, 6.45) is 11.0. The van der Waals surface area contributed by atoms with Gasteiger partial charge in [-0.2, -0.15) is 0 Å². The lowest BCUT2D eigenvalue weighted by molar-refractivity contribution is -0.298. The number of allylic oxidation sites excluding steroid dienone is 5. The van der Waals surface area contributed by atoms with Crippen LogP contribution in [0.25, 0.3) is 0 Å². The van der Waals surface area contributed by atoms with E-state index in [1.165, 1.54) is 5.57 Å². The quantitative estimate of drug-likeness (QED) is 0.0301. The van der Waals surface area contributed by atoms with Crippen LogP contribution in [0.1, 0.15) is 204 Å².